The molecule has 6 nitrogen and oxygen atoms in total. The maximum absolute atomic E-state index is 14.0. The number of para-hydroxylation sites is 2. The van der Waals surface area contributed by atoms with Crippen molar-refractivity contribution in [3.63, 3.8) is 0 Å². The Morgan fingerprint density at radius 3 is 2.44 bits per heavy atom. The molecule has 2 bridgehead atoms. The van der Waals surface area contributed by atoms with Crippen LogP contribution in [-0.4, -0.2) is 22.0 Å². The fourth-order valence-corrected chi connectivity index (χ4v) is 11.2. The predicted octanol–water partition coefficient (Wildman–Crippen LogP) is 7.02. The van der Waals surface area contributed by atoms with Crippen LogP contribution in [0.3, 0.4) is 0 Å². The number of nitrogens with one attached hydrogen (secondary N) is 1. The number of ether oxygens (including phenoxy) is 1. The number of thioether (sulfide) groups is 1. The summed E-state index contributed by atoms with van der Waals surface area (Å²) in [7, 11) is 0. The second kappa shape index (κ2) is 10.3. The number of thiazole rings is 1. The van der Waals surface area contributed by atoms with E-state index in [9.17, 15) is 27.6 Å². The smallest absolute Gasteiger partial charge is 0.418 e. The van der Waals surface area contributed by atoms with Gasteiger partial charge in [-0.1, -0.05) is 71.5 Å². The lowest BCUT2D eigenvalue weighted by Gasteiger charge is -2.43. The lowest BCUT2D eigenvalue weighted by atomic mass is 9.68. The molecule has 2 aliphatic carbocycles. The van der Waals surface area contributed by atoms with E-state index in [1.54, 1.807) is 0 Å². The molecule has 1 N–H and O–H groups in total. The van der Waals surface area contributed by atoms with Gasteiger partial charge in [-0.2, -0.15) is 13.2 Å². The number of anilines is 1. The quantitative estimate of drug-likeness (QED) is 0.236. The number of H-pyrrole nitrogens is 1. The molecule has 3 aromatic carbocycles. The van der Waals surface area contributed by atoms with Gasteiger partial charge in [0.05, 0.1) is 28.1 Å². The standard InChI is InChI=1S/C34H27F3N2O4S2/c1-16-7-6-8-17(13-16)15-43-23-12-5-2-9-18(23)24-25-19-14-20(28(25)44-30-29(24)45-33(42)38-30)27-26(19)31(40)39(32(27)41)22-11-4-3-10-21(22)34(35,36)37/h2-13,19-20,24-28H,14-15H2,1H3,(H,38,42)/t19-,20-,24+,25+,26+,27+,28-/m1/s1. The highest BCUT2D eigenvalue weighted by atomic mass is 32.2. The first-order valence-corrected chi connectivity index (χ1v) is 16.5. The van der Waals surface area contributed by atoms with E-state index in [1.807, 2.05) is 49.4 Å². The summed E-state index contributed by atoms with van der Waals surface area (Å²) in [4.78, 5) is 45.1. The van der Waals surface area contributed by atoms with Crippen molar-refractivity contribution < 1.29 is 27.5 Å². The highest BCUT2D eigenvalue weighted by Crippen LogP contribution is 2.69. The number of aromatic amines is 1. The highest BCUT2D eigenvalue weighted by Gasteiger charge is 2.70. The summed E-state index contributed by atoms with van der Waals surface area (Å²) >= 11 is 2.68. The number of benzene rings is 3. The average Bonchev–Trinajstić information content (AvgIpc) is 3.74. The molecule has 1 aromatic heterocycles. The number of nitrogens with zero attached hydrogens (tertiary/aromatic N) is 1. The summed E-state index contributed by atoms with van der Waals surface area (Å²) in [5.74, 6) is -2.70. The van der Waals surface area contributed by atoms with E-state index in [-0.39, 0.29) is 33.8 Å². The minimum atomic E-state index is -4.72. The van der Waals surface area contributed by atoms with Crippen molar-refractivity contribution in [3.05, 3.63) is 110 Å². The molecule has 230 valence electrons. The molecular weight excluding hydrogens is 622 g/mol. The Bertz CT molecular complexity index is 1920. The molecule has 4 aliphatic rings. The topological polar surface area (TPSA) is 79.5 Å². The zero-order chi connectivity index (χ0) is 31.2. The number of carbonyl (C=O) groups is 2. The number of halogens is 3. The van der Waals surface area contributed by atoms with Crippen molar-refractivity contribution in [3.8, 4) is 5.75 Å². The molecule has 45 heavy (non-hydrogen) atoms. The zero-order valence-corrected chi connectivity index (χ0v) is 25.5. The minimum Gasteiger partial charge on any atom is -0.489 e. The molecular formula is C34H27F3N2O4S2. The van der Waals surface area contributed by atoms with Gasteiger partial charge in [-0.05, 0) is 54.9 Å². The summed E-state index contributed by atoms with van der Waals surface area (Å²) in [6, 6.07) is 20.6. The number of aryl methyl sites for hydroxylation is 1. The zero-order valence-electron chi connectivity index (χ0n) is 23.9. The number of rotatable bonds is 5. The van der Waals surface area contributed by atoms with Crippen LogP contribution < -0.4 is 14.5 Å². The Hall–Kier alpha value is -3.83. The van der Waals surface area contributed by atoms with Gasteiger partial charge in [0.2, 0.25) is 11.8 Å². The van der Waals surface area contributed by atoms with Gasteiger partial charge in [0.1, 0.15) is 12.4 Å². The van der Waals surface area contributed by atoms with Crippen LogP contribution in [0.25, 0.3) is 0 Å². The summed E-state index contributed by atoms with van der Waals surface area (Å²) in [5, 5.41) is 0.656. The molecule has 2 aliphatic heterocycles. The fraction of sp³-hybridized carbons (Fsp3) is 0.324. The van der Waals surface area contributed by atoms with Gasteiger partial charge in [-0.3, -0.25) is 14.4 Å². The molecule has 2 saturated carbocycles. The van der Waals surface area contributed by atoms with Gasteiger partial charge in [0, 0.05) is 21.6 Å². The van der Waals surface area contributed by atoms with Gasteiger partial charge in [0.15, 0.2) is 0 Å². The van der Waals surface area contributed by atoms with Gasteiger partial charge in [0.25, 0.3) is 0 Å². The van der Waals surface area contributed by atoms with Crippen LogP contribution in [0.1, 0.15) is 39.5 Å². The van der Waals surface area contributed by atoms with Crippen LogP contribution in [0, 0.1) is 36.5 Å². The van der Waals surface area contributed by atoms with Crippen molar-refractivity contribution in [1.29, 1.82) is 0 Å². The average molecular weight is 649 g/mol. The third kappa shape index (κ3) is 4.41. The highest BCUT2D eigenvalue weighted by molar-refractivity contribution is 8.00. The van der Waals surface area contributed by atoms with E-state index < -0.39 is 41.1 Å². The van der Waals surface area contributed by atoms with Crippen molar-refractivity contribution in [2.24, 2.45) is 29.6 Å². The molecule has 0 unspecified atom stereocenters. The van der Waals surface area contributed by atoms with Gasteiger partial charge < -0.3 is 9.72 Å². The summed E-state index contributed by atoms with van der Waals surface area (Å²) in [5.41, 5.74) is 1.64. The van der Waals surface area contributed by atoms with E-state index in [4.69, 9.17) is 4.74 Å². The minimum absolute atomic E-state index is 0.0987. The Kier molecular flexibility index (Phi) is 6.58. The lowest BCUT2D eigenvalue weighted by molar-refractivity contribution is -0.137. The van der Waals surface area contributed by atoms with Crippen molar-refractivity contribution in [2.75, 3.05) is 4.90 Å². The SMILES string of the molecule is Cc1cccc(COc2ccccc2[C@@H]2c3sc(=O)[nH]c3S[C@@H]3[C@@H]4C[C@@H]([C@@H]5C(=O)N(c6ccccc6C(F)(F)F)C(=O)[C@@H]45)[C@@H]23)c1. The third-order valence-electron chi connectivity index (χ3n) is 9.91. The molecule has 0 radical (unpaired) electrons. The molecule has 1 saturated heterocycles. The molecule has 8 rings (SSSR count). The summed E-state index contributed by atoms with van der Waals surface area (Å²) in [6.45, 7) is 2.37. The number of aromatic nitrogens is 1. The monoisotopic (exact) mass is 648 g/mol. The van der Waals surface area contributed by atoms with Crippen molar-refractivity contribution in [1.82, 2.24) is 4.98 Å². The number of hydrogen-bond donors (Lipinski definition) is 1. The first kappa shape index (κ1) is 28.6. The van der Waals surface area contributed by atoms with E-state index in [2.05, 4.69) is 11.1 Å². The lowest BCUT2D eigenvalue weighted by Crippen LogP contribution is -2.42. The van der Waals surface area contributed by atoms with Gasteiger partial charge in [-0.15, -0.1) is 11.8 Å². The number of carbonyl (C=O) groups excluding carboxylic acids is 2. The van der Waals surface area contributed by atoms with Crippen LogP contribution >= 0.6 is 23.1 Å². The normalized spacial score (nSPS) is 28.3. The summed E-state index contributed by atoms with van der Waals surface area (Å²) < 4.78 is 48.3. The van der Waals surface area contributed by atoms with E-state index in [0.717, 1.165) is 48.9 Å². The van der Waals surface area contributed by atoms with Gasteiger partial charge >= 0.3 is 11.0 Å². The predicted molar refractivity (Wildman–Crippen MR) is 164 cm³/mol. The molecule has 3 heterocycles. The van der Waals surface area contributed by atoms with Crippen LogP contribution in [0.15, 0.2) is 82.6 Å². The maximum Gasteiger partial charge on any atom is 0.418 e. The van der Waals surface area contributed by atoms with Crippen LogP contribution in [0.4, 0.5) is 18.9 Å². The Morgan fingerprint density at radius 1 is 0.933 bits per heavy atom. The van der Waals surface area contributed by atoms with Crippen molar-refractivity contribution in [2.45, 2.75) is 42.3 Å². The van der Waals surface area contributed by atoms with Crippen LogP contribution in [0.5, 0.6) is 5.75 Å². The van der Waals surface area contributed by atoms with E-state index in [1.165, 1.54) is 30.0 Å². The largest absolute Gasteiger partial charge is 0.489 e. The number of amides is 2. The molecule has 7 atom stereocenters. The molecule has 11 heteroatoms. The first-order valence-electron chi connectivity index (χ1n) is 14.8. The van der Waals surface area contributed by atoms with Crippen molar-refractivity contribution >= 4 is 40.6 Å². The number of imide groups is 1. The van der Waals surface area contributed by atoms with E-state index >= 15 is 0 Å². The Balaban J connectivity index is 1.19. The molecule has 3 fully saturated rings. The Labute approximate surface area is 264 Å². The second-order valence-corrected chi connectivity index (χ2v) is 14.5. The third-order valence-corrected chi connectivity index (χ3v) is 12.5. The van der Waals surface area contributed by atoms with Gasteiger partial charge in [-0.25, -0.2) is 4.90 Å². The van der Waals surface area contributed by atoms with Crippen LogP contribution in [-0.2, 0) is 22.4 Å². The Morgan fingerprint density at radius 2 is 1.67 bits per heavy atom. The maximum atomic E-state index is 14.0. The first-order chi connectivity index (χ1) is 21.6. The molecule has 4 aromatic rings. The van der Waals surface area contributed by atoms with E-state index in [0.29, 0.717) is 18.8 Å². The molecule has 2 amide bonds. The second-order valence-electron chi connectivity index (χ2n) is 12.3. The van der Waals surface area contributed by atoms with Crippen LogP contribution in [0.2, 0.25) is 0 Å². The summed E-state index contributed by atoms with van der Waals surface area (Å²) in [6.07, 6.45) is -4.09. The fourth-order valence-electron chi connectivity index (χ4n) is 8.34. The molecule has 0 spiro atoms. The number of hydrogen-bond acceptors (Lipinski definition) is 6. The number of fused-ring (bicyclic) bond motifs is 9. The number of alkyl halides is 3.